The third-order valence-corrected chi connectivity index (χ3v) is 6.27. The molecule has 25 heavy (non-hydrogen) atoms. The van der Waals surface area contributed by atoms with Crippen LogP contribution in [0.15, 0.2) is 35.4 Å². The Bertz CT molecular complexity index is 1170. The van der Waals surface area contributed by atoms with Crippen molar-refractivity contribution in [2.75, 3.05) is 13.6 Å². The van der Waals surface area contributed by atoms with E-state index in [4.69, 9.17) is 11.6 Å². The predicted octanol–water partition coefficient (Wildman–Crippen LogP) is 1.32. The van der Waals surface area contributed by atoms with Gasteiger partial charge in [0.2, 0.25) is 5.78 Å². The van der Waals surface area contributed by atoms with Gasteiger partial charge in [-0.2, -0.15) is 0 Å². The Labute approximate surface area is 151 Å². The van der Waals surface area contributed by atoms with Crippen LogP contribution in [-0.4, -0.2) is 32.8 Å². The smallest absolute Gasteiger partial charge is 0.268 e. The molecule has 0 saturated heterocycles. The van der Waals surface area contributed by atoms with Crippen molar-refractivity contribution in [3.05, 3.63) is 56.4 Å². The van der Waals surface area contributed by atoms with E-state index in [0.29, 0.717) is 10.8 Å². The van der Waals surface area contributed by atoms with Crippen LogP contribution < -0.4 is 10.5 Å². The summed E-state index contributed by atoms with van der Waals surface area (Å²) in [6.07, 6.45) is 2.60. The van der Waals surface area contributed by atoms with E-state index in [9.17, 15) is 4.79 Å². The van der Waals surface area contributed by atoms with Gasteiger partial charge in [0.25, 0.3) is 5.56 Å². The number of nitrogens with zero attached hydrogens (tertiary/aromatic N) is 4. The number of hydrogen-bond donors (Lipinski definition) is 1. The van der Waals surface area contributed by atoms with Crippen molar-refractivity contribution in [2.24, 2.45) is 0 Å². The summed E-state index contributed by atoms with van der Waals surface area (Å²) >= 11 is 7.69. The number of nitrogens with one attached hydrogen (secondary N) is 1. The lowest BCUT2D eigenvalue weighted by Gasteiger charge is -2.19. The Hall–Kier alpha value is -2.22. The standard InChI is InChI=1S/C17H14ClN5OS/c1-21-7-6-12-13(8-21)25-16-14(12)15(24)23(17-20-19-9-22(16)17)11-4-2-10(18)3-5-11/h2-5,9H,6-8H2,1H3/p+1. The number of thiophene rings is 1. The van der Waals surface area contributed by atoms with Gasteiger partial charge < -0.3 is 4.90 Å². The molecule has 1 aliphatic heterocycles. The first-order chi connectivity index (χ1) is 12.1. The van der Waals surface area contributed by atoms with Crippen LogP contribution in [0, 0.1) is 0 Å². The molecule has 5 rings (SSSR count). The van der Waals surface area contributed by atoms with Gasteiger partial charge in [0.1, 0.15) is 17.7 Å². The Morgan fingerprint density at radius 2 is 2.08 bits per heavy atom. The SMILES string of the molecule is C[NH+]1CCc2c(sc3c2c(=O)n(-c2ccc(Cl)cc2)c2nncn32)C1. The fraction of sp³-hybridized carbons (Fsp3) is 0.235. The molecule has 3 aromatic heterocycles. The summed E-state index contributed by atoms with van der Waals surface area (Å²) in [6.45, 7) is 2.00. The van der Waals surface area contributed by atoms with Crippen LogP contribution in [0.1, 0.15) is 10.4 Å². The molecule has 0 saturated carbocycles. The molecule has 4 aromatic rings. The molecule has 1 atom stereocenters. The van der Waals surface area contributed by atoms with Crippen LogP contribution in [0.4, 0.5) is 0 Å². The zero-order valence-corrected chi connectivity index (χ0v) is 15.1. The number of likely N-dealkylation sites (N-methyl/N-ethyl adjacent to an activating group) is 1. The van der Waals surface area contributed by atoms with Crippen LogP contribution in [0.3, 0.4) is 0 Å². The summed E-state index contributed by atoms with van der Waals surface area (Å²) < 4.78 is 3.55. The van der Waals surface area contributed by atoms with Gasteiger partial charge in [-0.05, 0) is 29.8 Å². The Balaban J connectivity index is 1.91. The summed E-state index contributed by atoms with van der Waals surface area (Å²) in [7, 11) is 2.19. The fourth-order valence-electron chi connectivity index (χ4n) is 3.55. The highest BCUT2D eigenvalue weighted by atomic mass is 35.5. The van der Waals surface area contributed by atoms with Crippen molar-refractivity contribution in [3.63, 3.8) is 0 Å². The maximum atomic E-state index is 13.4. The average Bonchev–Trinajstić information content (AvgIpc) is 3.20. The molecule has 126 valence electrons. The Morgan fingerprint density at radius 3 is 2.88 bits per heavy atom. The molecule has 1 aliphatic rings. The first-order valence-corrected chi connectivity index (χ1v) is 9.29. The minimum absolute atomic E-state index is 0.0325. The fourth-order valence-corrected chi connectivity index (χ4v) is 5.09. The highest BCUT2D eigenvalue weighted by Crippen LogP contribution is 2.31. The number of halogens is 1. The third kappa shape index (κ3) is 2.16. The lowest BCUT2D eigenvalue weighted by molar-refractivity contribution is -0.895. The van der Waals surface area contributed by atoms with E-state index in [2.05, 4.69) is 17.2 Å². The van der Waals surface area contributed by atoms with Gasteiger partial charge in [-0.25, -0.2) is 4.57 Å². The second kappa shape index (κ2) is 5.39. The first-order valence-electron chi connectivity index (χ1n) is 8.09. The van der Waals surface area contributed by atoms with Crippen LogP contribution in [0.25, 0.3) is 21.7 Å². The van der Waals surface area contributed by atoms with E-state index in [0.717, 1.165) is 35.4 Å². The minimum atomic E-state index is -0.0325. The van der Waals surface area contributed by atoms with E-state index in [-0.39, 0.29) is 5.56 Å². The summed E-state index contributed by atoms with van der Waals surface area (Å²) in [6, 6.07) is 7.23. The Morgan fingerprint density at radius 1 is 1.28 bits per heavy atom. The van der Waals surface area contributed by atoms with Crippen molar-refractivity contribution in [1.29, 1.82) is 0 Å². The maximum absolute atomic E-state index is 13.4. The molecule has 0 bridgehead atoms. The molecule has 0 radical (unpaired) electrons. The molecule has 6 nitrogen and oxygen atoms in total. The second-order valence-electron chi connectivity index (χ2n) is 6.44. The van der Waals surface area contributed by atoms with E-state index in [1.54, 1.807) is 34.4 Å². The van der Waals surface area contributed by atoms with Gasteiger partial charge in [0.15, 0.2) is 0 Å². The monoisotopic (exact) mass is 372 g/mol. The van der Waals surface area contributed by atoms with Crippen LogP contribution in [0.2, 0.25) is 5.02 Å². The molecule has 1 N–H and O–H groups in total. The van der Waals surface area contributed by atoms with Crippen molar-refractivity contribution >= 4 is 38.9 Å². The highest BCUT2D eigenvalue weighted by Gasteiger charge is 2.26. The highest BCUT2D eigenvalue weighted by molar-refractivity contribution is 7.18. The van der Waals surface area contributed by atoms with E-state index in [1.165, 1.54) is 15.3 Å². The van der Waals surface area contributed by atoms with Crippen molar-refractivity contribution < 1.29 is 4.90 Å². The van der Waals surface area contributed by atoms with Crippen LogP contribution in [0.5, 0.6) is 0 Å². The number of aromatic nitrogens is 4. The molecule has 1 unspecified atom stereocenters. The summed E-state index contributed by atoms with van der Waals surface area (Å²) in [4.78, 5) is 17.1. The first kappa shape index (κ1) is 15.1. The molecule has 4 heterocycles. The van der Waals surface area contributed by atoms with E-state index < -0.39 is 0 Å². The maximum Gasteiger partial charge on any atom is 0.268 e. The van der Waals surface area contributed by atoms with Gasteiger partial charge in [-0.1, -0.05) is 11.6 Å². The number of fused-ring (bicyclic) bond motifs is 5. The lowest BCUT2D eigenvalue weighted by atomic mass is 10.1. The van der Waals surface area contributed by atoms with Gasteiger partial charge in [0.05, 0.1) is 29.5 Å². The topological polar surface area (TPSA) is 56.6 Å². The molecule has 0 amide bonds. The second-order valence-corrected chi connectivity index (χ2v) is 7.96. The molecular formula is C17H15ClN5OS+. The van der Waals surface area contributed by atoms with Gasteiger partial charge in [-0.3, -0.25) is 9.20 Å². The van der Waals surface area contributed by atoms with Crippen molar-refractivity contribution in [3.8, 4) is 5.69 Å². The molecule has 8 heteroatoms. The zero-order valence-electron chi connectivity index (χ0n) is 13.5. The predicted molar refractivity (Wildman–Crippen MR) is 98.1 cm³/mol. The molecule has 1 aromatic carbocycles. The van der Waals surface area contributed by atoms with Gasteiger partial charge in [0, 0.05) is 11.4 Å². The van der Waals surface area contributed by atoms with Gasteiger partial charge in [-0.15, -0.1) is 21.5 Å². The van der Waals surface area contributed by atoms with Crippen molar-refractivity contribution in [2.45, 2.75) is 13.0 Å². The molecule has 0 spiro atoms. The van der Waals surface area contributed by atoms with Crippen LogP contribution in [-0.2, 0) is 13.0 Å². The summed E-state index contributed by atoms with van der Waals surface area (Å²) in [5, 5.41) is 9.67. The lowest BCUT2D eigenvalue weighted by Crippen LogP contribution is -3.08. The quantitative estimate of drug-likeness (QED) is 0.548. The van der Waals surface area contributed by atoms with E-state index in [1.807, 2.05) is 16.5 Å². The van der Waals surface area contributed by atoms with Crippen LogP contribution >= 0.6 is 22.9 Å². The summed E-state index contributed by atoms with van der Waals surface area (Å²) in [5.41, 5.74) is 1.90. The number of benzene rings is 1. The largest absolute Gasteiger partial charge is 0.333 e. The zero-order chi connectivity index (χ0) is 17.1. The average molecular weight is 373 g/mol. The summed E-state index contributed by atoms with van der Waals surface area (Å²) in [5.74, 6) is 0.527. The molecular weight excluding hydrogens is 358 g/mol. The number of quaternary nitrogens is 1. The molecule has 0 fully saturated rings. The number of hydrogen-bond acceptors (Lipinski definition) is 4. The molecule has 0 aliphatic carbocycles. The van der Waals surface area contributed by atoms with Gasteiger partial charge >= 0.3 is 0 Å². The normalized spacial score (nSPS) is 17.3. The third-order valence-electron chi connectivity index (χ3n) is 4.79. The van der Waals surface area contributed by atoms with Crippen molar-refractivity contribution in [1.82, 2.24) is 19.2 Å². The number of rotatable bonds is 1. The van der Waals surface area contributed by atoms with E-state index >= 15 is 0 Å². The minimum Gasteiger partial charge on any atom is -0.333 e. The Kier molecular flexibility index (Phi) is 3.25.